The highest BCUT2D eigenvalue weighted by Gasteiger charge is 2.39. The maximum atomic E-state index is 7.11. The van der Waals surface area contributed by atoms with Gasteiger partial charge in [-0.15, -0.1) is 0 Å². The lowest BCUT2D eigenvalue weighted by Crippen LogP contribution is -2.22. The quantitative estimate of drug-likeness (QED) is 0.211. The normalized spacial score (nSPS) is 18.9. The lowest BCUT2D eigenvalue weighted by Gasteiger charge is -2.30. The van der Waals surface area contributed by atoms with E-state index in [1.807, 2.05) is 0 Å². The maximum absolute atomic E-state index is 7.11. The number of benzene rings is 4. The molecular weight excluding hydrogens is 542 g/mol. The third-order valence-corrected chi connectivity index (χ3v) is 10.3. The SMILES string of the molecule is C=C(/C=C/C1=C(Cl)C(=C/C=C2/N(C)c3ccc4ccccc4c3C2(C)C)/CCC1)C(C)(C)c1c(C)ccc2ccccc12. The van der Waals surface area contributed by atoms with Crippen LogP contribution in [0.3, 0.4) is 0 Å². The predicted molar refractivity (Wildman–Crippen MR) is 188 cm³/mol. The first-order chi connectivity index (χ1) is 20.5. The van der Waals surface area contributed by atoms with Crippen molar-refractivity contribution in [3.8, 4) is 0 Å². The number of fused-ring (bicyclic) bond motifs is 4. The molecular formula is C41H42ClN. The van der Waals surface area contributed by atoms with Gasteiger partial charge in [0.25, 0.3) is 0 Å². The van der Waals surface area contributed by atoms with Crippen LogP contribution in [0.2, 0.25) is 0 Å². The van der Waals surface area contributed by atoms with Crippen molar-refractivity contribution < 1.29 is 0 Å². The monoisotopic (exact) mass is 583 g/mol. The van der Waals surface area contributed by atoms with E-state index in [0.717, 1.165) is 29.9 Å². The fourth-order valence-electron chi connectivity index (χ4n) is 7.36. The van der Waals surface area contributed by atoms with Crippen LogP contribution >= 0.6 is 11.6 Å². The summed E-state index contributed by atoms with van der Waals surface area (Å²) in [5, 5.41) is 6.07. The van der Waals surface area contributed by atoms with Crippen LogP contribution in [0.15, 0.2) is 131 Å². The Morgan fingerprint density at radius 1 is 0.884 bits per heavy atom. The molecule has 0 saturated carbocycles. The molecule has 6 rings (SSSR count). The first-order valence-electron chi connectivity index (χ1n) is 15.4. The number of allylic oxidation sites excluding steroid dienone is 9. The van der Waals surface area contributed by atoms with E-state index < -0.39 is 0 Å². The Hall–Kier alpha value is -3.81. The minimum absolute atomic E-state index is 0.112. The number of nitrogens with zero attached hydrogens (tertiary/aromatic N) is 1. The Morgan fingerprint density at radius 2 is 1.53 bits per heavy atom. The molecule has 0 N–H and O–H groups in total. The van der Waals surface area contributed by atoms with Gasteiger partial charge in [0, 0.05) is 34.3 Å². The van der Waals surface area contributed by atoms with Gasteiger partial charge in [-0.1, -0.05) is 131 Å². The minimum atomic E-state index is -0.218. The summed E-state index contributed by atoms with van der Waals surface area (Å²) in [6, 6.07) is 26.3. The zero-order valence-electron chi connectivity index (χ0n) is 26.4. The van der Waals surface area contributed by atoms with Crippen LogP contribution in [0, 0.1) is 6.92 Å². The number of aryl methyl sites for hydroxylation is 1. The van der Waals surface area contributed by atoms with Gasteiger partial charge < -0.3 is 4.90 Å². The molecule has 0 fully saturated rings. The average molecular weight is 584 g/mol. The molecule has 0 atom stereocenters. The van der Waals surface area contributed by atoms with Gasteiger partial charge in [0.15, 0.2) is 0 Å². The van der Waals surface area contributed by atoms with Crippen molar-refractivity contribution >= 4 is 38.8 Å². The van der Waals surface area contributed by atoms with Crippen LogP contribution in [0.5, 0.6) is 0 Å². The van der Waals surface area contributed by atoms with Crippen LogP contribution in [0.1, 0.15) is 63.6 Å². The molecule has 0 unspecified atom stereocenters. The van der Waals surface area contributed by atoms with Gasteiger partial charge in [0.05, 0.1) is 0 Å². The third-order valence-electron chi connectivity index (χ3n) is 9.84. The molecule has 43 heavy (non-hydrogen) atoms. The molecule has 2 aliphatic rings. The van der Waals surface area contributed by atoms with Crippen molar-refractivity contribution in [3.05, 3.63) is 148 Å². The van der Waals surface area contributed by atoms with E-state index in [1.54, 1.807) is 0 Å². The largest absolute Gasteiger partial charge is 0.347 e. The molecule has 4 aromatic rings. The minimum Gasteiger partial charge on any atom is -0.347 e. The first-order valence-corrected chi connectivity index (χ1v) is 15.8. The van der Waals surface area contributed by atoms with Gasteiger partial charge in [-0.2, -0.15) is 0 Å². The Morgan fingerprint density at radius 3 is 2.28 bits per heavy atom. The number of anilines is 1. The predicted octanol–water partition coefficient (Wildman–Crippen LogP) is 11.6. The smallest absolute Gasteiger partial charge is 0.0469 e. The fraction of sp³-hybridized carbons (Fsp3) is 0.268. The number of hydrogen-bond donors (Lipinski definition) is 0. The highest BCUT2D eigenvalue weighted by Crippen LogP contribution is 2.50. The van der Waals surface area contributed by atoms with Crippen LogP contribution in [-0.2, 0) is 10.8 Å². The van der Waals surface area contributed by atoms with Crippen molar-refractivity contribution in [2.45, 2.75) is 64.7 Å². The van der Waals surface area contributed by atoms with Crippen LogP contribution < -0.4 is 4.90 Å². The number of hydrogen-bond acceptors (Lipinski definition) is 1. The van der Waals surface area contributed by atoms with Crippen molar-refractivity contribution in [3.63, 3.8) is 0 Å². The highest BCUT2D eigenvalue weighted by atomic mass is 35.5. The maximum Gasteiger partial charge on any atom is 0.0469 e. The summed E-state index contributed by atoms with van der Waals surface area (Å²) in [5.41, 5.74) is 9.76. The van der Waals surface area contributed by atoms with Gasteiger partial charge in [0.1, 0.15) is 0 Å². The molecule has 0 aromatic heterocycles. The molecule has 1 heterocycles. The molecule has 0 amide bonds. The number of rotatable bonds is 5. The van der Waals surface area contributed by atoms with E-state index in [1.165, 1.54) is 60.8 Å². The van der Waals surface area contributed by atoms with E-state index in [9.17, 15) is 0 Å². The molecule has 1 nitrogen and oxygen atoms in total. The van der Waals surface area contributed by atoms with E-state index in [2.05, 4.69) is 150 Å². The van der Waals surface area contributed by atoms with E-state index in [0.29, 0.717) is 0 Å². The molecule has 1 aliphatic carbocycles. The highest BCUT2D eigenvalue weighted by molar-refractivity contribution is 6.32. The zero-order valence-corrected chi connectivity index (χ0v) is 27.1. The van der Waals surface area contributed by atoms with Gasteiger partial charge in [-0.3, -0.25) is 0 Å². The van der Waals surface area contributed by atoms with Crippen molar-refractivity contribution in [1.29, 1.82) is 0 Å². The van der Waals surface area contributed by atoms with Crippen LogP contribution in [0.25, 0.3) is 21.5 Å². The summed E-state index contributed by atoms with van der Waals surface area (Å²) in [6.07, 6.45) is 12.0. The van der Waals surface area contributed by atoms with Crippen molar-refractivity contribution in [2.24, 2.45) is 0 Å². The average Bonchev–Trinajstić information content (AvgIpc) is 3.19. The number of halogens is 1. The molecule has 0 spiro atoms. The van der Waals surface area contributed by atoms with Gasteiger partial charge in [-0.25, -0.2) is 0 Å². The van der Waals surface area contributed by atoms with E-state index in [4.69, 9.17) is 11.6 Å². The summed E-state index contributed by atoms with van der Waals surface area (Å²) in [5.74, 6) is 0. The van der Waals surface area contributed by atoms with Gasteiger partial charge in [-0.05, 0) is 93.3 Å². The molecule has 4 aromatic carbocycles. The lowest BCUT2D eigenvalue weighted by molar-refractivity contribution is 0.643. The zero-order chi connectivity index (χ0) is 30.5. The molecule has 1 aliphatic heterocycles. The first kappa shape index (κ1) is 29.3. The lowest BCUT2D eigenvalue weighted by atomic mass is 9.74. The Kier molecular flexibility index (Phi) is 7.51. The standard InChI is InChI=1S/C41H42ClN/c1-27-19-21-29-13-8-10-17-33(29)37(27)40(3,4)28(2)20-22-31-15-12-16-32(39(31)42)24-26-36-41(5,6)38-34-18-11-9-14-30(34)23-25-35(38)43(36)7/h8-11,13-14,17-26H,2,12,15-16H2,1,3-7H3/b22-20+,32-24+,36-26+. The summed E-state index contributed by atoms with van der Waals surface area (Å²) >= 11 is 7.11. The summed E-state index contributed by atoms with van der Waals surface area (Å²) in [6.45, 7) is 16.0. The van der Waals surface area contributed by atoms with Gasteiger partial charge in [0.2, 0.25) is 0 Å². The summed E-state index contributed by atoms with van der Waals surface area (Å²) < 4.78 is 0. The number of likely N-dealkylation sites (N-methyl/N-ethyl adjacent to an activating group) is 1. The van der Waals surface area contributed by atoms with Gasteiger partial charge >= 0.3 is 0 Å². The van der Waals surface area contributed by atoms with E-state index >= 15 is 0 Å². The second-order valence-corrected chi connectivity index (χ2v) is 13.6. The Labute approximate surface area is 262 Å². The van der Waals surface area contributed by atoms with Crippen LogP contribution in [-0.4, -0.2) is 7.05 Å². The Balaban J connectivity index is 1.30. The third kappa shape index (κ3) is 4.98. The Bertz CT molecular complexity index is 1890. The van der Waals surface area contributed by atoms with Crippen molar-refractivity contribution in [1.82, 2.24) is 0 Å². The topological polar surface area (TPSA) is 3.24 Å². The summed E-state index contributed by atoms with van der Waals surface area (Å²) in [7, 11) is 2.18. The fourth-order valence-corrected chi connectivity index (χ4v) is 7.68. The molecule has 218 valence electrons. The second kappa shape index (κ2) is 11.0. The van der Waals surface area contributed by atoms with Crippen LogP contribution in [0.4, 0.5) is 5.69 Å². The molecule has 0 bridgehead atoms. The van der Waals surface area contributed by atoms with Crippen molar-refractivity contribution in [2.75, 3.05) is 11.9 Å². The van der Waals surface area contributed by atoms with E-state index in [-0.39, 0.29) is 10.8 Å². The second-order valence-electron chi connectivity index (χ2n) is 13.3. The molecule has 0 radical (unpaired) electrons. The summed E-state index contributed by atoms with van der Waals surface area (Å²) in [4.78, 5) is 2.35. The molecule has 2 heteroatoms. The molecule has 0 saturated heterocycles.